The van der Waals surface area contributed by atoms with Crippen molar-refractivity contribution in [3.8, 4) is 0 Å². The van der Waals surface area contributed by atoms with E-state index in [4.69, 9.17) is 9.24 Å². The maximum absolute atomic E-state index is 4.84. The molecule has 19 heavy (non-hydrogen) atoms. The van der Waals surface area contributed by atoms with Crippen LogP contribution in [-0.2, 0) is 16.2 Å². The third-order valence-electron chi connectivity index (χ3n) is 3.59. The van der Waals surface area contributed by atoms with Crippen LogP contribution in [-0.4, -0.2) is 0 Å². The molecule has 0 aromatic heterocycles. The van der Waals surface area contributed by atoms with Gasteiger partial charge in [0.05, 0.1) is 0 Å². The van der Waals surface area contributed by atoms with Crippen LogP contribution in [0.4, 0.5) is 0 Å². The zero-order valence-electron chi connectivity index (χ0n) is 14.1. The Kier molecular flexibility index (Phi) is 4.29. The first-order valence-corrected chi connectivity index (χ1v) is 7.58. The molecular weight excluding hydrogens is 247 g/mol. The van der Waals surface area contributed by atoms with Gasteiger partial charge in [-0.15, -0.1) is 0 Å². The minimum absolute atomic E-state index is 0.123. The van der Waals surface area contributed by atoms with Crippen molar-refractivity contribution in [2.75, 3.05) is 0 Å². The van der Waals surface area contributed by atoms with Gasteiger partial charge in [-0.1, -0.05) is 85.6 Å². The van der Waals surface area contributed by atoms with Gasteiger partial charge in [-0.2, -0.15) is 0 Å². The molecule has 0 saturated carbocycles. The summed E-state index contributed by atoms with van der Waals surface area (Å²) in [5.74, 6) is 0. The fourth-order valence-corrected chi connectivity index (χ4v) is 3.01. The molecule has 0 aliphatic carbocycles. The lowest BCUT2D eigenvalue weighted by atomic mass is 9.75. The minimum Gasteiger partial charge on any atom is -1.45 e. The molecule has 1 heteroatoms. The highest BCUT2D eigenvalue weighted by Crippen LogP contribution is 2.34. The van der Waals surface area contributed by atoms with Crippen LogP contribution >= 0.6 is 9.24 Å². The number of hydrogen-bond acceptors (Lipinski definition) is 0. The monoisotopic (exact) mass is 276 g/mol. The lowest BCUT2D eigenvalue weighted by molar-refractivity contribution is 0.554. The van der Waals surface area contributed by atoms with Crippen LogP contribution in [0.3, 0.4) is 0 Å². The average molecular weight is 276 g/mol. The van der Waals surface area contributed by atoms with Crippen molar-refractivity contribution in [2.24, 2.45) is 0 Å². The molecule has 0 bridgehead atoms. The molecule has 108 valence electrons. The first-order valence-electron chi connectivity index (χ1n) is 7.13. The topological polar surface area (TPSA) is 0 Å². The molecule has 0 N–H and O–H groups in total. The molecule has 1 aromatic carbocycles. The normalized spacial score (nSPS) is 13.8. The van der Waals surface area contributed by atoms with Gasteiger partial charge in [0, 0.05) is 0 Å². The zero-order chi connectivity index (χ0) is 15.2. The fraction of sp³-hybridized carbons (Fsp3) is 0.667. The Bertz CT molecular complexity index is 427. The average Bonchev–Trinajstić information content (AvgIpc) is 2.11. The van der Waals surface area contributed by atoms with Gasteiger partial charge in [0.1, 0.15) is 0 Å². The van der Waals surface area contributed by atoms with E-state index in [0.717, 1.165) is 5.30 Å². The Labute approximate surface area is 122 Å². The van der Waals surface area contributed by atoms with Crippen LogP contribution in [0.1, 0.15) is 79.0 Å². The van der Waals surface area contributed by atoms with Crippen molar-refractivity contribution < 1.29 is 0 Å². The molecule has 0 nitrogen and oxygen atoms in total. The van der Waals surface area contributed by atoms with Gasteiger partial charge in [-0.25, -0.2) is 0 Å². The van der Waals surface area contributed by atoms with Crippen LogP contribution in [0.15, 0.2) is 12.1 Å². The third kappa shape index (κ3) is 3.82. The van der Waals surface area contributed by atoms with Gasteiger partial charge in [-0.3, -0.25) is 0 Å². The molecule has 0 aliphatic rings. The lowest BCUT2D eigenvalue weighted by Crippen LogP contribution is -2.29. The first kappa shape index (κ1) is 16.7. The molecule has 0 amide bonds. The van der Waals surface area contributed by atoms with Gasteiger partial charge < -0.3 is 14.5 Å². The molecule has 0 radical (unpaired) electrons. The second-order valence-electron chi connectivity index (χ2n) is 8.67. The summed E-state index contributed by atoms with van der Waals surface area (Å²) in [5.41, 5.74) is 4.53. The number of rotatable bonds is 0. The molecule has 0 atom stereocenters. The second kappa shape index (κ2) is 4.88. The van der Waals surface area contributed by atoms with E-state index < -0.39 is 0 Å². The molecule has 0 heterocycles. The van der Waals surface area contributed by atoms with Crippen molar-refractivity contribution in [1.29, 1.82) is 0 Å². The molecular formula is C18H29P-2. The highest BCUT2D eigenvalue weighted by atomic mass is 31.0. The summed E-state index contributed by atoms with van der Waals surface area (Å²) in [5, 5.41) is 1.16. The molecule has 1 rings (SSSR count). The highest BCUT2D eigenvalue weighted by molar-refractivity contribution is 7.27. The Morgan fingerprint density at radius 1 is 0.632 bits per heavy atom. The van der Waals surface area contributed by atoms with E-state index in [9.17, 15) is 0 Å². The molecule has 0 spiro atoms. The lowest BCUT2D eigenvalue weighted by Gasteiger charge is -2.49. The van der Waals surface area contributed by atoms with Gasteiger partial charge in [0.25, 0.3) is 0 Å². The first-order chi connectivity index (χ1) is 8.24. The van der Waals surface area contributed by atoms with Gasteiger partial charge in [0.2, 0.25) is 0 Å². The molecule has 0 saturated heterocycles. The molecule has 0 aliphatic heterocycles. The molecule has 1 aromatic rings. The van der Waals surface area contributed by atoms with E-state index in [-0.39, 0.29) is 16.2 Å². The van der Waals surface area contributed by atoms with Crippen molar-refractivity contribution in [3.63, 3.8) is 0 Å². The van der Waals surface area contributed by atoms with E-state index in [1.807, 2.05) is 0 Å². The van der Waals surface area contributed by atoms with E-state index in [1.54, 1.807) is 0 Å². The van der Waals surface area contributed by atoms with Gasteiger partial charge in [0.15, 0.2) is 0 Å². The molecule has 0 unspecified atom stereocenters. The minimum atomic E-state index is 0.123. The summed E-state index contributed by atoms with van der Waals surface area (Å²) < 4.78 is 0. The Morgan fingerprint density at radius 3 is 1.16 bits per heavy atom. The van der Waals surface area contributed by atoms with Crippen LogP contribution < -0.4 is 5.30 Å². The Balaban J connectivity index is 3.68. The third-order valence-corrected chi connectivity index (χ3v) is 4.07. The van der Waals surface area contributed by atoms with Crippen LogP contribution in [0, 0.1) is 0 Å². The van der Waals surface area contributed by atoms with Crippen LogP contribution in [0.5, 0.6) is 0 Å². The largest absolute Gasteiger partial charge is 1.45 e. The van der Waals surface area contributed by atoms with Crippen molar-refractivity contribution in [2.45, 2.75) is 78.6 Å². The highest BCUT2D eigenvalue weighted by Gasteiger charge is 2.22. The fourth-order valence-electron chi connectivity index (χ4n) is 2.21. The maximum atomic E-state index is 4.84. The predicted molar refractivity (Wildman–Crippen MR) is 89.1 cm³/mol. The van der Waals surface area contributed by atoms with Gasteiger partial charge >= 0.3 is 0 Å². The standard InChI is InChI=1S/C18H29P/c1-16(2,3)12-10-13(17(4,5)6)15(19)14(11-12)18(7,8)9/h10-11H,1-9H3/q-2. The predicted octanol–water partition coefficient (Wildman–Crippen LogP) is 5.61. The molecule has 0 fully saturated rings. The summed E-state index contributed by atoms with van der Waals surface area (Å²) >= 11 is 0. The van der Waals surface area contributed by atoms with Crippen LogP contribution in [0.2, 0.25) is 0 Å². The van der Waals surface area contributed by atoms with Crippen molar-refractivity contribution in [3.05, 3.63) is 28.8 Å². The summed E-state index contributed by atoms with van der Waals surface area (Å²) in [6, 6.07) is 4.69. The summed E-state index contributed by atoms with van der Waals surface area (Å²) in [4.78, 5) is 0. The van der Waals surface area contributed by atoms with Crippen LogP contribution in [0.25, 0.3) is 0 Å². The zero-order valence-corrected chi connectivity index (χ0v) is 15.0. The SMILES string of the molecule is CC(C)(C)c1cc(C(C)(C)C)c([P-2])c(C(C)(C)C)c1. The quantitative estimate of drug-likeness (QED) is 0.540. The maximum Gasteiger partial charge on any atom is -0.0132 e. The van der Waals surface area contributed by atoms with Crippen molar-refractivity contribution >= 4 is 14.5 Å². The summed E-state index contributed by atoms with van der Waals surface area (Å²) in [7, 11) is 4.84. The summed E-state index contributed by atoms with van der Waals surface area (Å²) in [6.45, 7) is 20.4. The van der Waals surface area contributed by atoms with E-state index in [0.29, 0.717) is 0 Å². The second-order valence-corrected chi connectivity index (χ2v) is 9.12. The van der Waals surface area contributed by atoms with E-state index >= 15 is 0 Å². The number of hydrogen-bond donors (Lipinski definition) is 0. The van der Waals surface area contributed by atoms with E-state index in [2.05, 4.69) is 74.4 Å². The Hall–Kier alpha value is -0.350. The van der Waals surface area contributed by atoms with E-state index in [1.165, 1.54) is 16.7 Å². The summed E-state index contributed by atoms with van der Waals surface area (Å²) in [6.07, 6.45) is 0. The number of benzene rings is 1. The van der Waals surface area contributed by atoms with Crippen molar-refractivity contribution in [1.82, 2.24) is 0 Å². The smallest absolute Gasteiger partial charge is 0.0132 e. The Morgan fingerprint density at radius 2 is 0.947 bits per heavy atom. The van der Waals surface area contributed by atoms with Gasteiger partial charge in [-0.05, 0) is 21.8 Å².